The molecule has 1 N–H and O–H groups in total. The second-order valence-corrected chi connectivity index (χ2v) is 6.83. The lowest BCUT2D eigenvalue weighted by atomic mass is 10.1. The molecule has 1 fully saturated rings. The summed E-state index contributed by atoms with van der Waals surface area (Å²) < 4.78 is 0. The normalized spacial score (nSPS) is 14.3. The summed E-state index contributed by atoms with van der Waals surface area (Å²) in [6.07, 6.45) is 0. The van der Waals surface area contributed by atoms with Crippen molar-refractivity contribution in [3.63, 3.8) is 0 Å². The number of piperazine rings is 1. The van der Waals surface area contributed by atoms with E-state index in [1.807, 2.05) is 4.90 Å². The van der Waals surface area contributed by atoms with Gasteiger partial charge in [-0.2, -0.15) is 0 Å². The number of amides is 2. The van der Waals surface area contributed by atoms with Gasteiger partial charge in [0.05, 0.1) is 0 Å². The number of hydrogen-bond donors (Lipinski definition) is 1. The number of carbonyl (C=O) groups excluding carboxylic acids is 2. The van der Waals surface area contributed by atoms with Crippen LogP contribution < -0.4 is 10.2 Å². The van der Waals surface area contributed by atoms with Gasteiger partial charge >= 0.3 is 0 Å². The summed E-state index contributed by atoms with van der Waals surface area (Å²) in [7, 11) is 0. The molecule has 0 saturated carbocycles. The Balaban J connectivity index is 1.62. The van der Waals surface area contributed by atoms with Gasteiger partial charge in [0, 0.05) is 50.0 Å². The minimum absolute atomic E-state index is 0.0413. The number of rotatable bonds is 3. The lowest BCUT2D eigenvalue weighted by Gasteiger charge is -2.37. The van der Waals surface area contributed by atoms with E-state index in [2.05, 4.69) is 42.3 Å². The van der Waals surface area contributed by atoms with E-state index in [0.717, 1.165) is 13.1 Å². The van der Waals surface area contributed by atoms with E-state index >= 15 is 0 Å². The van der Waals surface area contributed by atoms with E-state index in [1.165, 1.54) is 23.7 Å². The molecule has 0 aliphatic carbocycles. The molecule has 26 heavy (non-hydrogen) atoms. The Labute approximate surface area is 154 Å². The van der Waals surface area contributed by atoms with Crippen LogP contribution in [0.4, 0.5) is 11.4 Å². The maximum Gasteiger partial charge on any atom is 0.253 e. The molecule has 136 valence electrons. The van der Waals surface area contributed by atoms with E-state index in [9.17, 15) is 9.59 Å². The van der Waals surface area contributed by atoms with Gasteiger partial charge in [-0.3, -0.25) is 9.59 Å². The molecule has 1 aliphatic heterocycles. The predicted octanol–water partition coefficient (Wildman–Crippen LogP) is 3.22. The van der Waals surface area contributed by atoms with Crippen molar-refractivity contribution in [1.29, 1.82) is 0 Å². The molecule has 2 aromatic carbocycles. The maximum absolute atomic E-state index is 12.7. The number of aryl methyl sites for hydroxylation is 2. The molecule has 1 aliphatic rings. The Morgan fingerprint density at radius 1 is 0.923 bits per heavy atom. The summed E-state index contributed by atoms with van der Waals surface area (Å²) in [6, 6.07) is 13.6. The third-order valence-corrected chi connectivity index (χ3v) is 4.71. The molecule has 5 heteroatoms. The van der Waals surface area contributed by atoms with Gasteiger partial charge in [-0.25, -0.2) is 0 Å². The van der Waals surface area contributed by atoms with E-state index < -0.39 is 0 Å². The number of benzene rings is 2. The van der Waals surface area contributed by atoms with E-state index in [4.69, 9.17) is 0 Å². The van der Waals surface area contributed by atoms with Gasteiger partial charge in [-0.15, -0.1) is 0 Å². The highest BCUT2D eigenvalue weighted by atomic mass is 16.2. The summed E-state index contributed by atoms with van der Waals surface area (Å²) in [6.45, 7) is 8.79. The Kier molecular flexibility index (Phi) is 5.26. The summed E-state index contributed by atoms with van der Waals surface area (Å²) in [5, 5.41) is 2.71. The maximum atomic E-state index is 12.7. The van der Waals surface area contributed by atoms with Crippen molar-refractivity contribution in [3.8, 4) is 0 Å². The lowest BCUT2D eigenvalue weighted by Crippen LogP contribution is -2.49. The number of nitrogens with zero attached hydrogens (tertiary/aromatic N) is 2. The minimum atomic E-state index is -0.119. The van der Waals surface area contributed by atoms with Crippen LogP contribution in [0.2, 0.25) is 0 Å². The lowest BCUT2D eigenvalue weighted by molar-refractivity contribution is -0.114. The molecule has 5 nitrogen and oxygen atoms in total. The van der Waals surface area contributed by atoms with Gasteiger partial charge in [-0.1, -0.05) is 17.7 Å². The quantitative estimate of drug-likeness (QED) is 0.924. The first kappa shape index (κ1) is 18.0. The van der Waals surface area contributed by atoms with Crippen molar-refractivity contribution in [2.45, 2.75) is 20.8 Å². The fourth-order valence-electron chi connectivity index (χ4n) is 3.39. The summed E-state index contributed by atoms with van der Waals surface area (Å²) in [4.78, 5) is 28.0. The first-order chi connectivity index (χ1) is 12.4. The van der Waals surface area contributed by atoms with Crippen molar-refractivity contribution >= 4 is 23.2 Å². The average molecular weight is 351 g/mol. The second kappa shape index (κ2) is 7.60. The molecule has 2 aromatic rings. The molecule has 0 radical (unpaired) electrons. The van der Waals surface area contributed by atoms with Crippen LogP contribution in [0.1, 0.15) is 28.4 Å². The Hall–Kier alpha value is -2.82. The third kappa shape index (κ3) is 4.04. The zero-order chi connectivity index (χ0) is 18.7. The van der Waals surface area contributed by atoms with Gasteiger partial charge in [-0.05, 0) is 49.7 Å². The molecular weight excluding hydrogens is 326 g/mol. The van der Waals surface area contributed by atoms with E-state index in [-0.39, 0.29) is 11.8 Å². The van der Waals surface area contributed by atoms with Crippen molar-refractivity contribution in [3.05, 3.63) is 59.2 Å². The molecule has 0 atom stereocenters. The number of nitrogens with one attached hydrogen (secondary N) is 1. The summed E-state index contributed by atoms with van der Waals surface area (Å²) in [5.74, 6) is -0.0775. The van der Waals surface area contributed by atoms with Crippen molar-refractivity contribution in [1.82, 2.24) is 4.90 Å². The van der Waals surface area contributed by atoms with Gasteiger partial charge in [0.25, 0.3) is 5.91 Å². The molecule has 1 saturated heterocycles. The van der Waals surface area contributed by atoms with Crippen LogP contribution in [0.15, 0.2) is 42.5 Å². The van der Waals surface area contributed by atoms with Crippen LogP contribution in [0.25, 0.3) is 0 Å². The topological polar surface area (TPSA) is 52.7 Å². The molecular formula is C21H25N3O2. The predicted molar refractivity (Wildman–Crippen MR) is 105 cm³/mol. The van der Waals surface area contributed by atoms with Gasteiger partial charge in [0.2, 0.25) is 5.91 Å². The Morgan fingerprint density at radius 3 is 2.15 bits per heavy atom. The standard InChI is InChI=1S/C21H25N3O2/c1-15-4-9-20(16(2)14-15)23-10-12-24(13-11-23)21(26)18-5-7-19(8-6-18)22-17(3)25/h4-9,14H,10-13H2,1-3H3,(H,22,25). The van der Waals surface area contributed by atoms with Crippen LogP contribution in [-0.4, -0.2) is 42.9 Å². The van der Waals surface area contributed by atoms with Crippen molar-refractivity contribution in [2.24, 2.45) is 0 Å². The van der Waals surface area contributed by atoms with E-state index in [0.29, 0.717) is 24.3 Å². The Morgan fingerprint density at radius 2 is 1.58 bits per heavy atom. The smallest absolute Gasteiger partial charge is 0.253 e. The molecule has 0 aromatic heterocycles. The minimum Gasteiger partial charge on any atom is -0.368 e. The Bertz CT molecular complexity index is 807. The van der Waals surface area contributed by atoms with Gasteiger partial charge in [0.1, 0.15) is 0 Å². The molecule has 3 rings (SSSR count). The van der Waals surface area contributed by atoms with Crippen LogP contribution in [0.5, 0.6) is 0 Å². The van der Waals surface area contributed by atoms with Crippen LogP contribution in [0, 0.1) is 13.8 Å². The highest BCUT2D eigenvalue weighted by Crippen LogP contribution is 2.23. The zero-order valence-electron chi connectivity index (χ0n) is 15.6. The average Bonchev–Trinajstić information content (AvgIpc) is 2.61. The second-order valence-electron chi connectivity index (χ2n) is 6.83. The van der Waals surface area contributed by atoms with Crippen LogP contribution in [-0.2, 0) is 4.79 Å². The largest absolute Gasteiger partial charge is 0.368 e. The SMILES string of the molecule is CC(=O)Nc1ccc(C(=O)N2CCN(c3ccc(C)cc3C)CC2)cc1. The zero-order valence-corrected chi connectivity index (χ0v) is 15.6. The van der Waals surface area contributed by atoms with Crippen LogP contribution in [0.3, 0.4) is 0 Å². The van der Waals surface area contributed by atoms with Crippen molar-refractivity contribution in [2.75, 3.05) is 36.4 Å². The molecule has 0 unspecified atom stereocenters. The van der Waals surface area contributed by atoms with E-state index in [1.54, 1.807) is 24.3 Å². The summed E-state index contributed by atoms with van der Waals surface area (Å²) >= 11 is 0. The highest BCUT2D eigenvalue weighted by molar-refractivity contribution is 5.95. The molecule has 0 spiro atoms. The van der Waals surface area contributed by atoms with Crippen LogP contribution >= 0.6 is 0 Å². The van der Waals surface area contributed by atoms with Gasteiger partial charge < -0.3 is 15.1 Å². The molecule has 2 amide bonds. The van der Waals surface area contributed by atoms with Gasteiger partial charge in [0.15, 0.2) is 0 Å². The first-order valence-corrected chi connectivity index (χ1v) is 8.93. The number of carbonyl (C=O) groups is 2. The molecule has 1 heterocycles. The summed E-state index contributed by atoms with van der Waals surface area (Å²) in [5.41, 5.74) is 5.15. The third-order valence-electron chi connectivity index (χ3n) is 4.71. The first-order valence-electron chi connectivity index (χ1n) is 8.93. The highest BCUT2D eigenvalue weighted by Gasteiger charge is 2.23. The monoisotopic (exact) mass is 351 g/mol. The number of hydrogen-bond acceptors (Lipinski definition) is 3. The fourth-order valence-corrected chi connectivity index (χ4v) is 3.39. The fraction of sp³-hybridized carbons (Fsp3) is 0.333. The number of anilines is 2. The molecule has 0 bridgehead atoms. The van der Waals surface area contributed by atoms with Crippen molar-refractivity contribution < 1.29 is 9.59 Å².